The molecule has 0 saturated carbocycles. The summed E-state index contributed by atoms with van der Waals surface area (Å²) in [4.78, 5) is 17.8. The van der Waals surface area contributed by atoms with Crippen molar-refractivity contribution < 1.29 is 9.53 Å². The SMILES string of the molecule is Cc1ccccc1N1CCN(C(=O)C(COCc2ccc(Cl)c(Cl)c2)NCc2ccccc2)CC1. The average molecular weight is 512 g/mol. The van der Waals surface area contributed by atoms with E-state index in [4.69, 9.17) is 27.9 Å². The molecule has 35 heavy (non-hydrogen) atoms. The summed E-state index contributed by atoms with van der Waals surface area (Å²) in [6, 6.07) is 23.5. The van der Waals surface area contributed by atoms with E-state index >= 15 is 0 Å². The molecule has 3 aromatic carbocycles. The van der Waals surface area contributed by atoms with Gasteiger partial charge in [-0.15, -0.1) is 0 Å². The first-order chi connectivity index (χ1) is 17.0. The van der Waals surface area contributed by atoms with Gasteiger partial charge in [-0.1, -0.05) is 77.8 Å². The van der Waals surface area contributed by atoms with Crippen molar-refractivity contribution in [2.75, 3.05) is 37.7 Å². The van der Waals surface area contributed by atoms with E-state index in [0.717, 1.165) is 24.2 Å². The lowest BCUT2D eigenvalue weighted by Crippen LogP contribution is -2.55. The largest absolute Gasteiger partial charge is 0.375 e. The van der Waals surface area contributed by atoms with Gasteiger partial charge >= 0.3 is 0 Å². The van der Waals surface area contributed by atoms with Gasteiger partial charge in [0.1, 0.15) is 6.04 Å². The van der Waals surface area contributed by atoms with Crippen LogP contribution < -0.4 is 10.2 Å². The van der Waals surface area contributed by atoms with Crippen LogP contribution in [-0.2, 0) is 22.7 Å². The summed E-state index contributed by atoms with van der Waals surface area (Å²) in [6.07, 6.45) is 0. The number of benzene rings is 3. The Kier molecular flexibility index (Phi) is 9.05. The number of hydrogen-bond donors (Lipinski definition) is 1. The quantitative estimate of drug-likeness (QED) is 0.421. The predicted octanol–water partition coefficient (Wildman–Crippen LogP) is 5.33. The fourth-order valence-electron chi connectivity index (χ4n) is 4.28. The summed E-state index contributed by atoms with van der Waals surface area (Å²) >= 11 is 12.1. The maximum Gasteiger partial charge on any atom is 0.242 e. The summed E-state index contributed by atoms with van der Waals surface area (Å²) in [5.74, 6) is 0.0690. The minimum Gasteiger partial charge on any atom is -0.375 e. The van der Waals surface area contributed by atoms with Gasteiger partial charge in [-0.25, -0.2) is 0 Å². The van der Waals surface area contributed by atoms with E-state index in [9.17, 15) is 4.79 Å². The number of piperazine rings is 1. The lowest BCUT2D eigenvalue weighted by Gasteiger charge is -2.38. The van der Waals surface area contributed by atoms with Gasteiger partial charge < -0.3 is 14.5 Å². The molecular formula is C28H31Cl2N3O2. The molecule has 7 heteroatoms. The number of nitrogens with one attached hydrogen (secondary N) is 1. The minimum absolute atomic E-state index is 0.0690. The highest BCUT2D eigenvalue weighted by Crippen LogP contribution is 2.23. The van der Waals surface area contributed by atoms with E-state index < -0.39 is 6.04 Å². The van der Waals surface area contributed by atoms with E-state index in [1.54, 1.807) is 12.1 Å². The van der Waals surface area contributed by atoms with Crippen LogP contribution in [0.2, 0.25) is 10.0 Å². The number of halogens is 2. The van der Waals surface area contributed by atoms with Crippen LogP contribution in [0.25, 0.3) is 0 Å². The van der Waals surface area contributed by atoms with Crippen molar-refractivity contribution in [3.63, 3.8) is 0 Å². The molecule has 1 N–H and O–H groups in total. The summed E-state index contributed by atoms with van der Waals surface area (Å²) < 4.78 is 5.96. The van der Waals surface area contributed by atoms with Crippen LogP contribution in [0, 0.1) is 6.92 Å². The third-order valence-corrected chi connectivity index (χ3v) is 7.02. The first kappa shape index (κ1) is 25.5. The van der Waals surface area contributed by atoms with Crippen molar-refractivity contribution in [3.05, 3.63) is 99.5 Å². The predicted molar refractivity (Wildman–Crippen MR) is 143 cm³/mol. The van der Waals surface area contributed by atoms with Crippen LogP contribution in [0.3, 0.4) is 0 Å². The molecule has 5 nitrogen and oxygen atoms in total. The standard InChI is InChI=1S/C28H31Cl2N3O2/c1-21-7-5-6-10-27(21)32-13-15-33(16-14-32)28(34)26(31-18-22-8-3-2-4-9-22)20-35-19-23-11-12-24(29)25(30)17-23/h2-12,17,26,31H,13-16,18-20H2,1H3. The molecule has 1 fully saturated rings. The van der Waals surface area contributed by atoms with Crippen LogP contribution in [0.1, 0.15) is 16.7 Å². The number of ether oxygens (including phenoxy) is 1. The molecule has 1 saturated heterocycles. The fourth-order valence-corrected chi connectivity index (χ4v) is 4.61. The van der Waals surface area contributed by atoms with Crippen molar-refractivity contribution >= 4 is 34.8 Å². The molecule has 0 aliphatic carbocycles. The van der Waals surface area contributed by atoms with E-state index in [-0.39, 0.29) is 12.5 Å². The molecule has 1 unspecified atom stereocenters. The topological polar surface area (TPSA) is 44.8 Å². The Hall–Kier alpha value is -2.57. The van der Waals surface area contributed by atoms with Crippen molar-refractivity contribution in [2.24, 2.45) is 0 Å². The minimum atomic E-state index is -0.442. The van der Waals surface area contributed by atoms with Crippen LogP contribution in [-0.4, -0.2) is 49.6 Å². The number of hydrogen-bond acceptors (Lipinski definition) is 4. The molecule has 1 aliphatic heterocycles. The Bertz CT molecular complexity index is 1120. The third kappa shape index (κ3) is 6.98. The van der Waals surface area contributed by atoms with Gasteiger partial charge in [0.25, 0.3) is 0 Å². The fraction of sp³-hybridized carbons (Fsp3) is 0.321. The monoisotopic (exact) mass is 511 g/mol. The Balaban J connectivity index is 1.37. The lowest BCUT2D eigenvalue weighted by molar-refractivity contribution is -0.135. The van der Waals surface area contributed by atoms with Crippen LogP contribution in [0.4, 0.5) is 5.69 Å². The highest BCUT2D eigenvalue weighted by Gasteiger charge is 2.28. The number of nitrogens with zero attached hydrogens (tertiary/aromatic N) is 2. The molecule has 1 heterocycles. The van der Waals surface area contributed by atoms with Crippen molar-refractivity contribution in [3.8, 4) is 0 Å². The second kappa shape index (κ2) is 12.4. The zero-order chi connectivity index (χ0) is 24.6. The number of aryl methyl sites for hydroxylation is 1. The average Bonchev–Trinajstić information content (AvgIpc) is 2.89. The summed E-state index contributed by atoms with van der Waals surface area (Å²) in [6.45, 7) is 6.34. The van der Waals surface area contributed by atoms with Gasteiger partial charge in [-0.3, -0.25) is 10.1 Å². The number of anilines is 1. The molecular weight excluding hydrogens is 481 g/mol. The Morgan fingerprint density at radius 2 is 1.63 bits per heavy atom. The molecule has 0 spiro atoms. The van der Waals surface area contributed by atoms with Crippen LogP contribution in [0.15, 0.2) is 72.8 Å². The second-order valence-electron chi connectivity index (χ2n) is 8.78. The number of amides is 1. The Morgan fingerprint density at radius 1 is 0.914 bits per heavy atom. The molecule has 1 atom stereocenters. The number of carbonyl (C=O) groups excluding carboxylic acids is 1. The summed E-state index contributed by atoms with van der Waals surface area (Å²) in [5.41, 5.74) is 4.54. The van der Waals surface area contributed by atoms with Gasteiger partial charge in [0.15, 0.2) is 0 Å². The van der Waals surface area contributed by atoms with E-state index in [1.165, 1.54) is 11.3 Å². The van der Waals surface area contributed by atoms with E-state index in [0.29, 0.717) is 36.3 Å². The van der Waals surface area contributed by atoms with Crippen molar-refractivity contribution in [2.45, 2.75) is 26.1 Å². The molecule has 4 rings (SSSR count). The third-order valence-electron chi connectivity index (χ3n) is 6.28. The molecule has 0 radical (unpaired) electrons. The number of para-hydroxylation sites is 1. The smallest absolute Gasteiger partial charge is 0.242 e. The van der Waals surface area contributed by atoms with Gasteiger partial charge in [-0.05, 0) is 41.8 Å². The molecule has 0 aromatic heterocycles. The first-order valence-corrected chi connectivity index (χ1v) is 12.6. The second-order valence-corrected chi connectivity index (χ2v) is 9.60. The lowest BCUT2D eigenvalue weighted by atomic mass is 10.1. The van der Waals surface area contributed by atoms with Crippen LogP contribution >= 0.6 is 23.2 Å². The highest BCUT2D eigenvalue weighted by molar-refractivity contribution is 6.42. The van der Waals surface area contributed by atoms with Gasteiger partial charge in [0.05, 0.1) is 23.3 Å². The zero-order valence-electron chi connectivity index (χ0n) is 19.9. The van der Waals surface area contributed by atoms with Gasteiger partial charge in [-0.2, -0.15) is 0 Å². The zero-order valence-corrected chi connectivity index (χ0v) is 21.4. The van der Waals surface area contributed by atoms with E-state index in [2.05, 4.69) is 41.4 Å². The Labute approximate surface area is 217 Å². The normalized spacial score (nSPS) is 14.7. The molecule has 1 aliphatic rings. The van der Waals surface area contributed by atoms with E-state index in [1.807, 2.05) is 41.3 Å². The van der Waals surface area contributed by atoms with Crippen molar-refractivity contribution in [1.82, 2.24) is 10.2 Å². The van der Waals surface area contributed by atoms with Crippen molar-refractivity contribution in [1.29, 1.82) is 0 Å². The maximum atomic E-state index is 13.5. The number of carbonyl (C=O) groups is 1. The maximum absolute atomic E-state index is 13.5. The van der Waals surface area contributed by atoms with Gasteiger partial charge in [0.2, 0.25) is 5.91 Å². The summed E-state index contributed by atoms with van der Waals surface area (Å²) in [5, 5.41) is 4.42. The highest BCUT2D eigenvalue weighted by atomic mass is 35.5. The molecule has 184 valence electrons. The first-order valence-electron chi connectivity index (χ1n) is 11.9. The number of rotatable bonds is 9. The molecule has 3 aromatic rings. The molecule has 1 amide bonds. The van der Waals surface area contributed by atoms with Crippen LogP contribution in [0.5, 0.6) is 0 Å². The Morgan fingerprint density at radius 3 is 2.34 bits per heavy atom. The van der Waals surface area contributed by atoms with Gasteiger partial charge in [0, 0.05) is 38.4 Å². The molecule has 0 bridgehead atoms. The summed E-state index contributed by atoms with van der Waals surface area (Å²) in [7, 11) is 0.